The van der Waals surface area contributed by atoms with Crippen LogP contribution in [0.3, 0.4) is 0 Å². The van der Waals surface area contributed by atoms with E-state index in [1.54, 1.807) is 12.3 Å². The van der Waals surface area contributed by atoms with Gasteiger partial charge in [-0.2, -0.15) is 0 Å². The third-order valence-corrected chi connectivity index (χ3v) is 3.25. The minimum Gasteiger partial charge on any atom is -0.271 e. The van der Waals surface area contributed by atoms with Crippen molar-refractivity contribution in [2.75, 3.05) is 0 Å². The highest BCUT2D eigenvalue weighted by Crippen LogP contribution is 2.26. The minimum atomic E-state index is -0.309. The van der Waals surface area contributed by atoms with Crippen molar-refractivity contribution in [2.24, 2.45) is 5.84 Å². The summed E-state index contributed by atoms with van der Waals surface area (Å²) in [7, 11) is 0. The van der Waals surface area contributed by atoms with Crippen molar-refractivity contribution in [1.82, 2.24) is 10.4 Å². The molecule has 0 saturated carbocycles. The Bertz CT molecular complexity index is 596. The molecule has 1 aromatic heterocycles. The first-order valence-electron chi connectivity index (χ1n) is 6.18. The Balaban J connectivity index is 2.52. The van der Waals surface area contributed by atoms with Gasteiger partial charge >= 0.3 is 0 Å². The molecule has 0 amide bonds. The summed E-state index contributed by atoms with van der Waals surface area (Å²) >= 11 is 0. The van der Waals surface area contributed by atoms with Crippen LogP contribution in [0, 0.1) is 26.6 Å². The number of pyridine rings is 1. The van der Waals surface area contributed by atoms with Crippen molar-refractivity contribution in [3.8, 4) is 0 Å². The van der Waals surface area contributed by atoms with Gasteiger partial charge in [-0.1, -0.05) is 12.1 Å². The first-order chi connectivity index (χ1) is 9.02. The second-order valence-corrected chi connectivity index (χ2v) is 4.82. The van der Waals surface area contributed by atoms with E-state index in [4.69, 9.17) is 5.84 Å². The van der Waals surface area contributed by atoms with Crippen LogP contribution in [0.2, 0.25) is 0 Å². The van der Waals surface area contributed by atoms with E-state index in [0.29, 0.717) is 0 Å². The smallest absolute Gasteiger partial charge is 0.123 e. The monoisotopic (exact) mass is 259 g/mol. The second-order valence-electron chi connectivity index (χ2n) is 4.82. The van der Waals surface area contributed by atoms with Gasteiger partial charge in [-0.3, -0.25) is 10.8 Å². The molecule has 2 aromatic rings. The van der Waals surface area contributed by atoms with Crippen LogP contribution in [0.25, 0.3) is 0 Å². The van der Waals surface area contributed by atoms with Crippen molar-refractivity contribution in [3.63, 3.8) is 0 Å². The number of aromatic nitrogens is 1. The predicted molar refractivity (Wildman–Crippen MR) is 74.0 cm³/mol. The maximum absolute atomic E-state index is 13.4. The number of aryl methyl sites for hydroxylation is 3. The van der Waals surface area contributed by atoms with Crippen LogP contribution >= 0.6 is 0 Å². The molecule has 0 aliphatic carbocycles. The van der Waals surface area contributed by atoms with E-state index >= 15 is 0 Å². The van der Waals surface area contributed by atoms with Crippen molar-refractivity contribution < 1.29 is 4.39 Å². The zero-order valence-electron chi connectivity index (χ0n) is 11.4. The molecule has 4 heteroatoms. The van der Waals surface area contributed by atoms with E-state index < -0.39 is 0 Å². The number of nitrogens with two attached hydrogens (primary N) is 1. The zero-order chi connectivity index (χ0) is 14.0. The molecular formula is C15H18FN3. The Kier molecular flexibility index (Phi) is 3.93. The lowest BCUT2D eigenvalue weighted by Gasteiger charge is -2.20. The maximum Gasteiger partial charge on any atom is 0.123 e. The number of hydrogen-bond donors (Lipinski definition) is 2. The van der Waals surface area contributed by atoms with Gasteiger partial charge in [-0.15, -0.1) is 0 Å². The Morgan fingerprint density at radius 1 is 1.16 bits per heavy atom. The van der Waals surface area contributed by atoms with Gasteiger partial charge in [0.05, 0.1) is 11.7 Å². The fourth-order valence-corrected chi connectivity index (χ4v) is 2.27. The highest BCUT2D eigenvalue weighted by molar-refractivity contribution is 5.38. The maximum atomic E-state index is 13.4. The first kappa shape index (κ1) is 13.6. The standard InChI is InChI=1S/C15H18FN3/c1-9-6-11(3)14(18-8-9)15(19-17)13-7-12(16)5-4-10(13)2/h4-8,15,19H,17H2,1-3H3. The lowest BCUT2D eigenvalue weighted by molar-refractivity contribution is 0.592. The van der Waals surface area contributed by atoms with E-state index in [9.17, 15) is 4.39 Å². The number of nitrogens with zero attached hydrogens (tertiary/aromatic N) is 1. The van der Waals surface area contributed by atoms with E-state index in [0.717, 1.165) is 27.9 Å². The molecule has 3 nitrogen and oxygen atoms in total. The summed E-state index contributed by atoms with van der Waals surface area (Å²) in [6.45, 7) is 5.90. The molecular weight excluding hydrogens is 241 g/mol. The molecule has 0 bridgehead atoms. The van der Waals surface area contributed by atoms with Crippen LogP contribution in [0.15, 0.2) is 30.5 Å². The highest BCUT2D eigenvalue weighted by atomic mass is 19.1. The number of hydrazine groups is 1. The summed E-state index contributed by atoms with van der Waals surface area (Å²) in [6.07, 6.45) is 1.79. The molecule has 100 valence electrons. The zero-order valence-corrected chi connectivity index (χ0v) is 11.4. The number of benzene rings is 1. The fraction of sp³-hybridized carbons (Fsp3) is 0.267. The van der Waals surface area contributed by atoms with E-state index in [1.807, 2.05) is 26.8 Å². The van der Waals surface area contributed by atoms with Crippen molar-refractivity contribution in [1.29, 1.82) is 0 Å². The molecule has 0 saturated heterocycles. The van der Waals surface area contributed by atoms with Crippen LogP contribution in [-0.2, 0) is 0 Å². The van der Waals surface area contributed by atoms with Gasteiger partial charge in [-0.25, -0.2) is 9.82 Å². The predicted octanol–water partition coefficient (Wildman–Crippen LogP) is 2.70. The molecule has 19 heavy (non-hydrogen) atoms. The Labute approximate surface area is 112 Å². The van der Waals surface area contributed by atoms with Crippen molar-refractivity contribution >= 4 is 0 Å². The second kappa shape index (κ2) is 5.47. The topological polar surface area (TPSA) is 50.9 Å². The molecule has 1 atom stereocenters. The van der Waals surface area contributed by atoms with Crippen molar-refractivity contribution in [3.05, 3.63) is 64.2 Å². The largest absolute Gasteiger partial charge is 0.271 e. The first-order valence-corrected chi connectivity index (χ1v) is 6.18. The Hall–Kier alpha value is -1.78. The van der Waals surface area contributed by atoms with Gasteiger partial charge < -0.3 is 0 Å². The van der Waals surface area contributed by atoms with Crippen LogP contribution in [0.4, 0.5) is 4.39 Å². The van der Waals surface area contributed by atoms with Gasteiger partial charge in [0, 0.05) is 6.20 Å². The normalized spacial score (nSPS) is 12.5. The van der Waals surface area contributed by atoms with Gasteiger partial charge in [0.2, 0.25) is 0 Å². The Morgan fingerprint density at radius 3 is 2.53 bits per heavy atom. The molecule has 0 aliphatic heterocycles. The minimum absolute atomic E-state index is 0.273. The lowest BCUT2D eigenvalue weighted by Crippen LogP contribution is -2.30. The molecule has 0 fully saturated rings. The quantitative estimate of drug-likeness (QED) is 0.658. The van der Waals surface area contributed by atoms with Gasteiger partial charge in [-0.05, 0) is 55.2 Å². The lowest BCUT2D eigenvalue weighted by atomic mass is 9.96. The third-order valence-electron chi connectivity index (χ3n) is 3.25. The van der Waals surface area contributed by atoms with Gasteiger partial charge in [0.1, 0.15) is 5.82 Å². The number of nitrogens with one attached hydrogen (secondary N) is 1. The number of halogens is 1. The van der Waals surface area contributed by atoms with Crippen LogP contribution in [0.5, 0.6) is 0 Å². The van der Waals surface area contributed by atoms with E-state index in [-0.39, 0.29) is 11.9 Å². The third kappa shape index (κ3) is 2.80. The summed E-state index contributed by atoms with van der Waals surface area (Å²) in [5, 5.41) is 0. The van der Waals surface area contributed by atoms with E-state index in [2.05, 4.69) is 10.4 Å². The average molecular weight is 259 g/mol. The van der Waals surface area contributed by atoms with Crippen LogP contribution in [-0.4, -0.2) is 4.98 Å². The summed E-state index contributed by atoms with van der Waals surface area (Å²) in [5.74, 6) is 5.38. The average Bonchev–Trinajstić information content (AvgIpc) is 2.36. The number of hydrogen-bond acceptors (Lipinski definition) is 3. The van der Waals surface area contributed by atoms with Gasteiger partial charge in [0.15, 0.2) is 0 Å². The molecule has 0 aliphatic rings. The Morgan fingerprint density at radius 2 is 1.89 bits per heavy atom. The van der Waals surface area contributed by atoms with Crippen LogP contribution < -0.4 is 11.3 Å². The van der Waals surface area contributed by atoms with Crippen LogP contribution in [0.1, 0.15) is 34.0 Å². The molecule has 2 rings (SSSR count). The van der Waals surface area contributed by atoms with Gasteiger partial charge in [0.25, 0.3) is 0 Å². The number of rotatable bonds is 3. The van der Waals surface area contributed by atoms with E-state index in [1.165, 1.54) is 12.1 Å². The molecule has 0 spiro atoms. The molecule has 1 unspecified atom stereocenters. The molecule has 1 heterocycles. The highest BCUT2D eigenvalue weighted by Gasteiger charge is 2.18. The SMILES string of the molecule is Cc1cnc(C(NN)c2cc(F)ccc2C)c(C)c1. The van der Waals surface area contributed by atoms with Crippen molar-refractivity contribution in [2.45, 2.75) is 26.8 Å². The molecule has 3 N–H and O–H groups in total. The summed E-state index contributed by atoms with van der Waals surface area (Å²) in [6, 6.07) is 6.43. The molecule has 1 aromatic carbocycles. The summed E-state index contributed by atoms with van der Waals surface area (Å²) in [4.78, 5) is 4.43. The summed E-state index contributed by atoms with van der Waals surface area (Å²) in [5.41, 5.74) is 7.46. The molecule has 0 radical (unpaired) electrons. The summed E-state index contributed by atoms with van der Waals surface area (Å²) < 4.78 is 13.4. The fourth-order valence-electron chi connectivity index (χ4n) is 2.27.